The van der Waals surface area contributed by atoms with E-state index in [9.17, 15) is 19.2 Å². The molecule has 5 unspecified atom stereocenters. The van der Waals surface area contributed by atoms with Crippen molar-refractivity contribution in [2.75, 3.05) is 27.3 Å². The molecule has 3 saturated carbocycles. The van der Waals surface area contributed by atoms with Crippen LogP contribution in [0, 0.1) is 29.1 Å². The van der Waals surface area contributed by atoms with Crippen molar-refractivity contribution in [1.29, 1.82) is 0 Å². The van der Waals surface area contributed by atoms with Crippen LogP contribution in [0.1, 0.15) is 70.6 Å². The molecule has 0 saturated heterocycles. The van der Waals surface area contributed by atoms with E-state index >= 15 is 0 Å². The topological polar surface area (TPSA) is 111 Å². The Morgan fingerprint density at radius 1 is 0.844 bits per heavy atom. The monoisotopic (exact) mass is 450 g/mol. The number of methoxy groups -OCH3 is 2. The molecule has 0 aromatic rings. The summed E-state index contributed by atoms with van der Waals surface area (Å²) in [5.41, 5.74) is 0.351. The van der Waals surface area contributed by atoms with Gasteiger partial charge in [0.2, 0.25) is 11.8 Å². The summed E-state index contributed by atoms with van der Waals surface area (Å²) in [5.74, 6) is 2.03. The number of nitrogens with one attached hydrogen (secondary N) is 2. The second-order valence-corrected chi connectivity index (χ2v) is 9.78. The summed E-state index contributed by atoms with van der Waals surface area (Å²) < 4.78 is 9.17. The molecule has 8 heteroatoms. The smallest absolute Gasteiger partial charge is 0.306 e. The number of hydrogen-bond acceptors (Lipinski definition) is 6. The predicted molar refractivity (Wildman–Crippen MR) is 117 cm³/mol. The van der Waals surface area contributed by atoms with Gasteiger partial charge in [0.25, 0.3) is 0 Å². The minimum Gasteiger partial charge on any atom is -0.469 e. The zero-order valence-electron chi connectivity index (χ0n) is 19.5. The number of carbonyl (C=O) groups is 4. The summed E-state index contributed by atoms with van der Waals surface area (Å²) in [6, 6.07) is 0. The van der Waals surface area contributed by atoms with Crippen molar-refractivity contribution in [2.45, 2.75) is 70.6 Å². The van der Waals surface area contributed by atoms with Gasteiger partial charge >= 0.3 is 11.9 Å². The summed E-state index contributed by atoms with van der Waals surface area (Å²) in [7, 11) is 2.67. The molecule has 2 amide bonds. The van der Waals surface area contributed by atoms with Gasteiger partial charge in [0, 0.05) is 25.9 Å². The highest BCUT2D eigenvalue weighted by molar-refractivity contribution is 5.81. The summed E-state index contributed by atoms with van der Waals surface area (Å²) in [6.45, 7) is 1.35. The van der Waals surface area contributed by atoms with Gasteiger partial charge < -0.3 is 20.1 Å². The Kier molecular flexibility index (Phi) is 8.54. The van der Waals surface area contributed by atoms with Crippen LogP contribution in [0.25, 0.3) is 0 Å². The fourth-order valence-corrected chi connectivity index (χ4v) is 6.81. The minimum atomic E-state index is -0.356. The SMILES string of the molecule is COC(=O)CCC(=O)NCCC1CCC2C1C1CCC2(CCNC(=O)CCC(=O)OC)C1. The van der Waals surface area contributed by atoms with Gasteiger partial charge in [-0.25, -0.2) is 0 Å². The van der Waals surface area contributed by atoms with Crippen LogP contribution in [-0.4, -0.2) is 51.1 Å². The van der Waals surface area contributed by atoms with Crippen molar-refractivity contribution in [3.05, 3.63) is 0 Å². The highest BCUT2D eigenvalue weighted by Gasteiger charge is 2.60. The lowest BCUT2D eigenvalue weighted by Gasteiger charge is -2.37. The first-order chi connectivity index (χ1) is 15.4. The first-order valence-corrected chi connectivity index (χ1v) is 12.1. The molecule has 32 heavy (non-hydrogen) atoms. The molecule has 0 aromatic carbocycles. The van der Waals surface area contributed by atoms with Gasteiger partial charge in [-0.3, -0.25) is 19.2 Å². The molecule has 0 radical (unpaired) electrons. The molecule has 2 N–H and O–H groups in total. The van der Waals surface area contributed by atoms with E-state index in [-0.39, 0.29) is 49.4 Å². The third kappa shape index (κ3) is 5.81. The molecule has 3 rings (SSSR count). The van der Waals surface area contributed by atoms with Crippen molar-refractivity contribution in [3.63, 3.8) is 0 Å². The van der Waals surface area contributed by atoms with Crippen LogP contribution in [0.3, 0.4) is 0 Å². The van der Waals surface area contributed by atoms with Gasteiger partial charge in [-0.05, 0) is 74.0 Å². The Labute approximate surface area is 190 Å². The van der Waals surface area contributed by atoms with Gasteiger partial charge in [-0.15, -0.1) is 0 Å². The molecule has 8 nitrogen and oxygen atoms in total. The lowest BCUT2D eigenvalue weighted by Crippen LogP contribution is -2.35. The predicted octanol–water partition coefficient (Wildman–Crippen LogP) is 2.35. The van der Waals surface area contributed by atoms with Gasteiger partial charge in [-0.2, -0.15) is 0 Å². The highest BCUT2D eigenvalue weighted by Crippen LogP contribution is 2.68. The van der Waals surface area contributed by atoms with Crippen LogP contribution in [0.15, 0.2) is 0 Å². The Morgan fingerprint density at radius 3 is 2.09 bits per heavy atom. The number of hydrogen-bond donors (Lipinski definition) is 2. The van der Waals surface area contributed by atoms with Crippen molar-refractivity contribution in [3.8, 4) is 0 Å². The van der Waals surface area contributed by atoms with E-state index in [1.54, 1.807) is 0 Å². The van der Waals surface area contributed by atoms with E-state index in [1.165, 1.54) is 46.3 Å². The normalized spacial score (nSPS) is 29.9. The van der Waals surface area contributed by atoms with Gasteiger partial charge in [0.1, 0.15) is 0 Å². The summed E-state index contributed by atoms with van der Waals surface area (Å²) in [4.78, 5) is 46.3. The number of esters is 2. The van der Waals surface area contributed by atoms with E-state index in [2.05, 4.69) is 20.1 Å². The lowest BCUT2D eigenvalue weighted by atomic mass is 9.68. The summed E-state index contributed by atoms with van der Waals surface area (Å²) in [6.07, 6.45) is 8.91. The minimum absolute atomic E-state index is 0.0804. The molecule has 0 heterocycles. The molecule has 0 spiro atoms. The zero-order valence-corrected chi connectivity index (χ0v) is 19.5. The van der Waals surface area contributed by atoms with Crippen LogP contribution in [0.2, 0.25) is 0 Å². The number of amides is 2. The quantitative estimate of drug-likeness (QED) is 0.442. The zero-order chi connectivity index (χ0) is 23.1. The second kappa shape index (κ2) is 11.1. The van der Waals surface area contributed by atoms with Gasteiger partial charge in [0.15, 0.2) is 0 Å². The highest BCUT2D eigenvalue weighted by atomic mass is 16.5. The first kappa shape index (κ1) is 24.5. The molecule has 3 aliphatic rings. The number of carbonyl (C=O) groups excluding carboxylic acids is 4. The maximum Gasteiger partial charge on any atom is 0.306 e. The fourth-order valence-electron chi connectivity index (χ4n) is 6.81. The first-order valence-electron chi connectivity index (χ1n) is 12.1. The van der Waals surface area contributed by atoms with Crippen molar-refractivity contribution in [1.82, 2.24) is 10.6 Å². The molecule has 180 valence electrons. The lowest BCUT2D eigenvalue weighted by molar-refractivity contribution is -0.142. The number of ether oxygens (including phenoxy) is 2. The molecule has 2 bridgehead atoms. The van der Waals surface area contributed by atoms with Crippen LogP contribution >= 0.6 is 0 Å². The van der Waals surface area contributed by atoms with Crippen molar-refractivity contribution < 1.29 is 28.7 Å². The molecule has 3 fully saturated rings. The molecule has 5 atom stereocenters. The fraction of sp³-hybridized carbons (Fsp3) is 0.833. The van der Waals surface area contributed by atoms with E-state index in [0.717, 1.165) is 30.6 Å². The van der Waals surface area contributed by atoms with E-state index in [0.29, 0.717) is 24.4 Å². The summed E-state index contributed by atoms with van der Waals surface area (Å²) >= 11 is 0. The number of fused-ring (bicyclic) bond motifs is 5. The molecule has 0 aliphatic heterocycles. The van der Waals surface area contributed by atoms with E-state index in [4.69, 9.17) is 0 Å². The Morgan fingerprint density at radius 2 is 1.47 bits per heavy atom. The Bertz CT molecular complexity index is 711. The molecular weight excluding hydrogens is 412 g/mol. The third-order valence-corrected chi connectivity index (χ3v) is 8.22. The van der Waals surface area contributed by atoms with Crippen molar-refractivity contribution >= 4 is 23.8 Å². The summed E-state index contributed by atoms with van der Waals surface area (Å²) in [5, 5.41) is 5.97. The van der Waals surface area contributed by atoms with Crippen LogP contribution < -0.4 is 10.6 Å². The van der Waals surface area contributed by atoms with Crippen molar-refractivity contribution in [2.24, 2.45) is 29.1 Å². The third-order valence-electron chi connectivity index (χ3n) is 8.22. The maximum absolute atomic E-state index is 12.0. The largest absolute Gasteiger partial charge is 0.469 e. The Hall–Kier alpha value is -2.12. The maximum atomic E-state index is 12.0. The number of rotatable bonds is 12. The van der Waals surface area contributed by atoms with Gasteiger partial charge in [0.05, 0.1) is 27.1 Å². The molecule has 3 aliphatic carbocycles. The Balaban J connectivity index is 1.40. The van der Waals surface area contributed by atoms with E-state index < -0.39 is 0 Å². The van der Waals surface area contributed by atoms with E-state index in [1.807, 2.05) is 0 Å². The van der Waals surface area contributed by atoms with Crippen LogP contribution in [-0.2, 0) is 28.7 Å². The van der Waals surface area contributed by atoms with Crippen LogP contribution in [0.5, 0.6) is 0 Å². The standard InChI is InChI=1S/C24H38N2O6/c1-31-21(29)7-5-19(27)25-13-10-16-3-4-18-23(16)17-9-11-24(18,15-17)12-14-26-20(28)6-8-22(30)32-2/h16-18,23H,3-15H2,1-2H3,(H,25,27)(H,26,28). The average Bonchev–Trinajstić information content (AvgIpc) is 3.48. The molecular formula is C24H38N2O6. The second-order valence-electron chi connectivity index (χ2n) is 9.78. The average molecular weight is 451 g/mol. The molecule has 0 aromatic heterocycles. The van der Waals surface area contributed by atoms with Crippen LogP contribution in [0.4, 0.5) is 0 Å². The van der Waals surface area contributed by atoms with Gasteiger partial charge in [-0.1, -0.05) is 0 Å².